The summed E-state index contributed by atoms with van der Waals surface area (Å²) in [6.07, 6.45) is 0.313. The molecular formula is C20H16Cl2N6O3S. The molecule has 0 aliphatic carbocycles. The van der Waals surface area contributed by atoms with Crippen molar-refractivity contribution in [3.8, 4) is 5.75 Å². The Labute approximate surface area is 196 Å². The molecule has 1 amide bonds. The third-order valence-corrected chi connectivity index (χ3v) is 5.69. The Morgan fingerprint density at radius 2 is 1.88 bits per heavy atom. The van der Waals surface area contributed by atoms with Gasteiger partial charge in [0.15, 0.2) is 0 Å². The SMILES string of the molecule is COc1ccc(Cc2nn3c(SCC(=O)Nc4cc(Cl)cc(Cl)c4)nnc3[nH]c2=O)cc1. The van der Waals surface area contributed by atoms with Crippen molar-refractivity contribution in [3.05, 3.63) is 74.1 Å². The summed E-state index contributed by atoms with van der Waals surface area (Å²) in [6, 6.07) is 12.1. The van der Waals surface area contributed by atoms with Crippen molar-refractivity contribution >= 4 is 52.3 Å². The lowest BCUT2D eigenvalue weighted by molar-refractivity contribution is -0.113. The molecule has 0 fully saturated rings. The average Bonchev–Trinajstić information content (AvgIpc) is 3.14. The maximum absolute atomic E-state index is 12.4. The van der Waals surface area contributed by atoms with Crippen LogP contribution in [0.3, 0.4) is 0 Å². The first kappa shape index (κ1) is 22.1. The summed E-state index contributed by atoms with van der Waals surface area (Å²) in [7, 11) is 1.59. The van der Waals surface area contributed by atoms with Gasteiger partial charge in [-0.15, -0.1) is 10.2 Å². The molecule has 2 aromatic heterocycles. The second kappa shape index (κ2) is 9.60. The molecule has 32 heavy (non-hydrogen) atoms. The van der Waals surface area contributed by atoms with Crippen LogP contribution in [0.1, 0.15) is 11.3 Å². The number of thioether (sulfide) groups is 1. The van der Waals surface area contributed by atoms with Gasteiger partial charge in [0.05, 0.1) is 12.9 Å². The number of H-pyrrole nitrogens is 1. The number of fused-ring (bicyclic) bond motifs is 1. The molecule has 12 heteroatoms. The number of nitrogens with one attached hydrogen (secondary N) is 2. The normalized spacial score (nSPS) is 11.0. The number of nitrogens with zero attached hydrogens (tertiary/aromatic N) is 4. The van der Waals surface area contributed by atoms with Crippen LogP contribution in [-0.2, 0) is 11.2 Å². The fourth-order valence-electron chi connectivity index (χ4n) is 2.87. The minimum absolute atomic E-state index is 0.0412. The van der Waals surface area contributed by atoms with E-state index < -0.39 is 0 Å². The number of benzene rings is 2. The number of aromatic nitrogens is 5. The van der Waals surface area contributed by atoms with E-state index in [1.54, 1.807) is 25.3 Å². The maximum atomic E-state index is 12.4. The predicted molar refractivity (Wildman–Crippen MR) is 123 cm³/mol. The molecule has 2 heterocycles. The number of hydrogen-bond donors (Lipinski definition) is 2. The summed E-state index contributed by atoms with van der Waals surface area (Å²) in [6.45, 7) is 0. The van der Waals surface area contributed by atoms with Crippen molar-refractivity contribution in [1.82, 2.24) is 24.8 Å². The molecule has 0 atom stereocenters. The number of aromatic amines is 1. The van der Waals surface area contributed by atoms with Crippen LogP contribution < -0.4 is 15.6 Å². The van der Waals surface area contributed by atoms with E-state index in [9.17, 15) is 9.59 Å². The summed E-state index contributed by atoms with van der Waals surface area (Å²) in [5, 5.41) is 16.3. The molecule has 2 N–H and O–H groups in total. The number of halogens is 2. The van der Waals surface area contributed by atoms with E-state index in [-0.39, 0.29) is 23.0 Å². The smallest absolute Gasteiger partial charge is 0.274 e. The van der Waals surface area contributed by atoms with Crippen LogP contribution in [0.15, 0.2) is 52.4 Å². The quantitative estimate of drug-likeness (QED) is 0.381. The van der Waals surface area contributed by atoms with Gasteiger partial charge in [-0.05, 0) is 35.9 Å². The lowest BCUT2D eigenvalue weighted by Crippen LogP contribution is -2.19. The molecule has 0 spiro atoms. The molecule has 9 nitrogen and oxygen atoms in total. The minimum Gasteiger partial charge on any atom is -0.497 e. The monoisotopic (exact) mass is 490 g/mol. The van der Waals surface area contributed by atoms with Crippen molar-refractivity contribution in [2.24, 2.45) is 0 Å². The van der Waals surface area contributed by atoms with Crippen molar-refractivity contribution in [2.45, 2.75) is 11.6 Å². The summed E-state index contributed by atoms with van der Waals surface area (Å²) in [5.74, 6) is 0.673. The predicted octanol–water partition coefficient (Wildman–Crippen LogP) is 3.45. The van der Waals surface area contributed by atoms with Crippen molar-refractivity contribution < 1.29 is 9.53 Å². The molecule has 0 radical (unpaired) electrons. The Morgan fingerprint density at radius 3 is 2.56 bits per heavy atom. The average molecular weight is 491 g/mol. The van der Waals surface area contributed by atoms with Crippen LogP contribution in [0, 0.1) is 0 Å². The number of carbonyl (C=O) groups is 1. The Bertz CT molecular complexity index is 1320. The van der Waals surface area contributed by atoms with Crippen LogP contribution in [0.25, 0.3) is 5.78 Å². The van der Waals surface area contributed by atoms with Gasteiger partial charge in [-0.2, -0.15) is 9.61 Å². The highest BCUT2D eigenvalue weighted by molar-refractivity contribution is 7.99. The van der Waals surface area contributed by atoms with E-state index >= 15 is 0 Å². The summed E-state index contributed by atoms with van der Waals surface area (Å²) >= 11 is 13.0. The van der Waals surface area contributed by atoms with Gasteiger partial charge < -0.3 is 10.1 Å². The number of amides is 1. The van der Waals surface area contributed by atoms with Gasteiger partial charge in [-0.3, -0.25) is 14.6 Å². The highest BCUT2D eigenvalue weighted by Gasteiger charge is 2.14. The van der Waals surface area contributed by atoms with Crippen LogP contribution in [0.4, 0.5) is 5.69 Å². The first-order chi connectivity index (χ1) is 15.4. The highest BCUT2D eigenvalue weighted by Crippen LogP contribution is 2.23. The van der Waals surface area contributed by atoms with Crippen LogP contribution in [0.5, 0.6) is 5.75 Å². The van der Waals surface area contributed by atoms with E-state index in [4.69, 9.17) is 27.9 Å². The molecule has 4 rings (SSSR count). The van der Waals surface area contributed by atoms with Gasteiger partial charge in [-0.25, -0.2) is 0 Å². The van der Waals surface area contributed by atoms with Gasteiger partial charge in [0.1, 0.15) is 11.4 Å². The van der Waals surface area contributed by atoms with Crippen molar-refractivity contribution in [3.63, 3.8) is 0 Å². The molecule has 0 aliphatic heterocycles. The molecule has 0 saturated carbocycles. The molecule has 0 bridgehead atoms. The fraction of sp³-hybridized carbons (Fsp3) is 0.150. The zero-order valence-corrected chi connectivity index (χ0v) is 19.0. The number of methoxy groups -OCH3 is 1. The standard InChI is InChI=1S/C20H16Cl2N6O3S/c1-31-15-4-2-11(3-5-15)6-16-18(30)24-19-25-26-20(28(19)27-16)32-10-17(29)23-14-8-12(21)7-13(22)9-14/h2-5,7-9H,6,10H2,1H3,(H,23,29)(H,24,25,30). The van der Waals surface area contributed by atoms with Crippen LogP contribution in [-0.4, -0.2) is 43.6 Å². The van der Waals surface area contributed by atoms with Crippen molar-refractivity contribution in [2.75, 3.05) is 18.2 Å². The first-order valence-corrected chi connectivity index (χ1v) is 11.0. The molecule has 0 aliphatic rings. The molecule has 164 valence electrons. The zero-order valence-electron chi connectivity index (χ0n) is 16.6. The topological polar surface area (TPSA) is 114 Å². The molecule has 0 saturated heterocycles. The third-order valence-electron chi connectivity index (χ3n) is 4.33. The van der Waals surface area contributed by atoms with Crippen LogP contribution >= 0.6 is 35.0 Å². The molecule has 0 unspecified atom stereocenters. The van der Waals surface area contributed by atoms with E-state index in [1.807, 2.05) is 24.3 Å². The third kappa shape index (κ3) is 5.21. The molecular weight excluding hydrogens is 475 g/mol. The van der Waals surface area contributed by atoms with E-state index in [0.29, 0.717) is 33.0 Å². The van der Waals surface area contributed by atoms with Crippen molar-refractivity contribution in [1.29, 1.82) is 0 Å². The zero-order chi connectivity index (χ0) is 22.7. The van der Waals surface area contributed by atoms with Gasteiger partial charge in [0, 0.05) is 22.2 Å². The molecule has 4 aromatic rings. The number of rotatable bonds is 7. The largest absolute Gasteiger partial charge is 0.497 e. The fourth-order valence-corrected chi connectivity index (χ4v) is 4.08. The van der Waals surface area contributed by atoms with E-state index in [0.717, 1.165) is 23.1 Å². The Balaban J connectivity index is 1.48. The number of hydrogen-bond acceptors (Lipinski definition) is 7. The minimum atomic E-state index is -0.354. The van der Waals surface area contributed by atoms with E-state index in [1.165, 1.54) is 4.52 Å². The van der Waals surface area contributed by atoms with Gasteiger partial charge >= 0.3 is 0 Å². The molecule has 2 aromatic carbocycles. The number of carbonyl (C=O) groups excluding carboxylic acids is 1. The summed E-state index contributed by atoms with van der Waals surface area (Å²) in [4.78, 5) is 27.4. The van der Waals surface area contributed by atoms with Gasteiger partial charge in [0.2, 0.25) is 11.1 Å². The highest BCUT2D eigenvalue weighted by atomic mass is 35.5. The second-order valence-electron chi connectivity index (χ2n) is 6.64. The van der Waals surface area contributed by atoms with Crippen LogP contribution in [0.2, 0.25) is 10.0 Å². The maximum Gasteiger partial charge on any atom is 0.274 e. The Morgan fingerprint density at radius 1 is 1.16 bits per heavy atom. The second-order valence-corrected chi connectivity index (χ2v) is 8.45. The lowest BCUT2D eigenvalue weighted by atomic mass is 10.1. The Kier molecular flexibility index (Phi) is 6.63. The number of anilines is 1. The Hall–Kier alpha value is -3.08. The summed E-state index contributed by atoms with van der Waals surface area (Å²) in [5.41, 5.74) is 1.32. The van der Waals surface area contributed by atoms with Gasteiger partial charge in [0.25, 0.3) is 11.3 Å². The summed E-state index contributed by atoms with van der Waals surface area (Å²) < 4.78 is 6.56. The first-order valence-electron chi connectivity index (χ1n) is 9.27. The van der Waals surface area contributed by atoms with Gasteiger partial charge in [-0.1, -0.05) is 47.1 Å². The van der Waals surface area contributed by atoms with E-state index in [2.05, 4.69) is 25.6 Å². The number of ether oxygens (including phenoxy) is 1. The lowest BCUT2D eigenvalue weighted by Gasteiger charge is -2.06.